The number of carbonyl (C=O) groups is 1. The molecule has 6 heteroatoms. The van der Waals surface area contributed by atoms with Crippen LogP contribution in [0, 0.1) is 5.41 Å². The molecule has 0 bridgehead atoms. The molecule has 220 valence electrons. The fourth-order valence-corrected chi connectivity index (χ4v) is 6.37. The lowest BCUT2D eigenvalue weighted by molar-refractivity contribution is -0.146. The summed E-state index contributed by atoms with van der Waals surface area (Å²) in [4.78, 5) is 14.5. The molecule has 0 radical (unpaired) electrons. The lowest BCUT2D eigenvalue weighted by Gasteiger charge is -2.32. The number of halogens is 1. The summed E-state index contributed by atoms with van der Waals surface area (Å²) in [5.41, 5.74) is 4.60. The number of carboxylic acids is 1. The average molecular weight is 585 g/mol. The molecule has 0 spiro atoms. The number of aliphatic carboxylic acids is 1. The van der Waals surface area contributed by atoms with Crippen LogP contribution in [0.2, 0.25) is 5.02 Å². The van der Waals surface area contributed by atoms with Gasteiger partial charge in [-0.25, -0.2) is 0 Å². The summed E-state index contributed by atoms with van der Waals surface area (Å²) in [6, 6.07) is 14.4. The highest BCUT2D eigenvalue weighted by molar-refractivity contribution is 6.30. The van der Waals surface area contributed by atoms with Gasteiger partial charge >= 0.3 is 5.97 Å². The van der Waals surface area contributed by atoms with Gasteiger partial charge in [0.2, 0.25) is 0 Å². The number of hydrogen-bond donors (Lipinski definition) is 1. The fourth-order valence-electron chi connectivity index (χ4n) is 6.24. The van der Waals surface area contributed by atoms with Crippen molar-refractivity contribution in [3.63, 3.8) is 0 Å². The van der Waals surface area contributed by atoms with Gasteiger partial charge in [-0.3, -0.25) is 4.79 Å². The minimum Gasteiger partial charge on any atom is -0.481 e. The minimum atomic E-state index is -0.934. The van der Waals surface area contributed by atoms with Crippen molar-refractivity contribution >= 4 is 28.5 Å². The van der Waals surface area contributed by atoms with E-state index in [1.165, 1.54) is 11.1 Å². The summed E-state index contributed by atoms with van der Waals surface area (Å²) < 4.78 is 8.73. The third kappa shape index (κ3) is 6.07. The van der Waals surface area contributed by atoms with Crippen LogP contribution in [0.5, 0.6) is 5.75 Å². The van der Waals surface area contributed by atoms with Crippen molar-refractivity contribution in [3.05, 3.63) is 113 Å². The van der Waals surface area contributed by atoms with Gasteiger partial charge in [0.05, 0.1) is 11.5 Å². The normalized spacial score (nSPS) is 16.6. The van der Waals surface area contributed by atoms with Crippen molar-refractivity contribution in [1.82, 2.24) is 9.47 Å². The molecule has 1 N–H and O–H groups in total. The van der Waals surface area contributed by atoms with Crippen LogP contribution >= 0.6 is 11.6 Å². The number of carboxylic acid groups (broad SMARTS) is 1. The molecular formula is C36H41ClN2O3. The summed E-state index contributed by atoms with van der Waals surface area (Å²) >= 11 is 6.20. The Morgan fingerprint density at radius 3 is 2.52 bits per heavy atom. The van der Waals surface area contributed by atoms with Crippen LogP contribution in [0.1, 0.15) is 64.3 Å². The highest BCUT2D eigenvalue weighted by atomic mass is 35.5. The van der Waals surface area contributed by atoms with Crippen molar-refractivity contribution in [3.8, 4) is 5.75 Å². The zero-order valence-corrected chi connectivity index (χ0v) is 26.0. The second-order valence-corrected chi connectivity index (χ2v) is 13.1. The summed E-state index contributed by atoms with van der Waals surface area (Å²) in [7, 11) is 0. The van der Waals surface area contributed by atoms with Crippen LogP contribution in [0.25, 0.3) is 10.9 Å². The van der Waals surface area contributed by atoms with Crippen LogP contribution in [0.3, 0.4) is 0 Å². The molecule has 1 aromatic heterocycles. The molecule has 3 aromatic rings. The van der Waals surface area contributed by atoms with Crippen LogP contribution in [0.4, 0.5) is 0 Å². The molecule has 1 aliphatic carbocycles. The number of hydrogen-bond acceptors (Lipinski definition) is 3. The van der Waals surface area contributed by atoms with Gasteiger partial charge in [-0.05, 0) is 78.8 Å². The third-order valence-corrected chi connectivity index (χ3v) is 8.73. The van der Waals surface area contributed by atoms with Gasteiger partial charge in [-0.2, -0.15) is 0 Å². The van der Waals surface area contributed by atoms with Gasteiger partial charge in [0.1, 0.15) is 5.75 Å². The second-order valence-electron chi connectivity index (χ2n) is 12.7. The predicted molar refractivity (Wildman–Crippen MR) is 172 cm³/mol. The van der Waals surface area contributed by atoms with E-state index in [2.05, 4.69) is 85.0 Å². The molecule has 5 nitrogen and oxygen atoms in total. The minimum absolute atomic E-state index is 0.160. The number of allylic oxidation sites excluding steroid dienone is 4. The van der Waals surface area contributed by atoms with Gasteiger partial charge in [0, 0.05) is 40.8 Å². The Morgan fingerprint density at radius 2 is 1.81 bits per heavy atom. The molecule has 5 rings (SSSR count). The zero-order valence-electron chi connectivity index (χ0n) is 25.2. The molecule has 2 aliphatic rings. The molecule has 2 aromatic carbocycles. The molecule has 1 atom stereocenters. The van der Waals surface area contributed by atoms with Gasteiger partial charge in [-0.15, -0.1) is 0 Å². The van der Waals surface area contributed by atoms with Crippen LogP contribution in [-0.2, 0) is 23.2 Å². The van der Waals surface area contributed by atoms with E-state index < -0.39 is 11.4 Å². The maximum absolute atomic E-state index is 12.4. The molecule has 2 heterocycles. The monoisotopic (exact) mass is 584 g/mol. The van der Waals surface area contributed by atoms with Crippen molar-refractivity contribution in [2.24, 2.45) is 5.41 Å². The van der Waals surface area contributed by atoms with Gasteiger partial charge in [0.15, 0.2) is 6.73 Å². The lowest BCUT2D eigenvalue weighted by atomic mass is 9.76. The summed E-state index contributed by atoms with van der Waals surface area (Å²) in [6.07, 6.45) is 17.1. The largest absolute Gasteiger partial charge is 0.481 e. The summed E-state index contributed by atoms with van der Waals surface area (Å²) in [5, 5.41) is 12.0. The molecule has 1 aliphatic heterocycles. The Morgan fingerprint density at radius 1 is 1.05 bits per heavy atom. The number of nitrogens with zero attached hydrogens (tertiary/aromatic N) is 2. The first-order valence-corrected chi connectivity index (χ1v) is 15.1. The van der Waals surface area contributed by atoms with E-state index in [9.17, 15) is 9.90 Å². The van der Waals surface area contributed by atoms with E-state index in [1.54, 1.807) is 0 Å². The van der Waals surface area contributed by atoms with Crippen LogP contribution in [-0.4, -0.2) is 33.3 Å². The first kappa shape index (κ1) is 29.8. The molecule has 0 fully saturated rings. The number of ether oxygens (including phenoxy) is 1. The number of rotatable bonds is 11. The van der Waals surface area contributed by atoms with E-state index in [-0.39, 0.29) is 11.5 Å². The molecule has 1 unspecified atom stereocenters. The molecule has 0 amide bonds. The van der Waals surface area contributed by atoms with Crippen molar-refractivity contribution in [2.75, 3.05) is 6.73 Å². The van der Waals surface area contributed by atoms with Crippen LogP contribution < -0.4 is 4.74 Å². The third-order valence-electron chi connectivity index (χ3n) is 8.48. The van der Waals surface area contributed by atoms with Gasteiger partial charge < -0.3 is 19.3 Å². The maximum atomic E-state index is 12.4. The SMILES string of the molecule is CCCC(C)(C)c1c(CC(C)(C)C(=O)O)n(Cc2ccc(Cl)cc2)c2ccc(OCN3C=CC=C4C=CC=CC43)cc12. The Bertz CT molecular complexity index is 1590. The Kier molecular flexibility index (Phi) is 8.43. The van der Waals surface area contributed by atoms with E-state index in [1.807, 2.05) is 44.2 Å². The average Bonchev–Trinajstić information content (AvgIpc) is 3.25. The van der Waals surface area contributed by atoms with E-state index >= 15 is 0 Å². The highest BCUT2D eigenvalue weighted by Gasteiger charge is 2.35. The number of benzene rings is 2. The lowest BCUT2D eigenvalue weighted by Crippen LogP contribution is -2.35. The van der Waals surface area contributed by atoms with E-state index in [0.717, 1.165) is 40.8 Å². The standard InChI is InChI=1S/C36H41ClN2O3/c1-6-19-35(2,3)33-29-21-28(42-24-38-20-9-11-26-10-7-8-12-30(26)38)17-18-31(29)39(23-25-13-15-27(37)16-14-25)32(33)22-36(4,5)34(40)41/h7-18,20-21,30H,6,19,22-24H2,1-5H3,(H,40,41). The van der Waals surface area contributed by atoms with Gasteiger partial charge in [0.25, 0.3) is 0 Å². The van der Waals surface area contributed by atoms with E-state index in [4.69, 9.17) is 16.3 Å². The highest BCUT2D eigenvalue weighted by Crippen LogP contribution is 2.42. The van der Waals surface area contributed by atoms with Crippen molar-refractivity contribution in [2.45, 2.75) is 71.9 Å². The summed E-state index contributed by atoms with van der Waals surface area (Å²) in [6.45, 7) is 11.4. The number of fused-ring (bicyclic) bond motifs is 2. The maximum Gasteiger partial charge on any atom is 0.309 e. The predicted octanol–water partition coefficient (Wildman–Crippen LogP) is 8.66. The molecule has 0 saturated heterocycles. The Hall–Kier alpha value is -3.70. The summed E-state index contributed by atoms with van der Waals surface area (Å²) in [5.74, 6) is -0.00717. The topological polar surface area (TPSA) is 54.7 Å². The van der Waals surface area contributed by atoms with Crippen molar-refractivity contribution in [1.29, 1.82) is 0 Å². The molecule has 0 saturated carbocycles. The Labute approximate surface area is 254 Å². The molecular weight excluding hydrogens is 544 g/mol. The smallest absolute Gasteiger partial charge is 0.309 e. The molecule has 42 heavy (non-hydrogen) atoms. The first-order valence-electron chi connectivity index (χ1n) is 14.8. The quantitative estimate of drug-likeness (QED) is 0.245. The second kappa shape index (κ2) is 11.9. The zero-order chi connectivity index (χ0) is 30.1. The number of aromatic nitrogens is 1. The fraction of sp³-hybridized carbons (Fsp3) is 0.361. The van der Waals surface area contributed by atoms with Crippen LogP contribution in [0.15, 0.2) is 90.7 Å². The van der Waals surface area contributed by atoms with Gasteiger partial charge in [-0.1, -0.05) is 81.3 Å². The Balaban J connectivity index is 1.59. The van der Waals surface area contributed by atoms with E-state index in [0.29, 0.717) is 24.7 Å². The van der Waals surface area contributed by atoms with Crippen molar-refractivity contribution < 1.29 is 14.6 Å². The first-order chi connectivity index (χ1) is 20.0.